The van der Waals surface area contributed by atoms with Gasteiger partial charge in [0.15, 0.2) is 0 Å². The second-order valence-corrected chi connectivity index (χ2v) is 26.5. The molecule has 0 heterocycles. The number of unbranched alkanes of at least 4 members (excludes halogenated alkanes) is 2. The van der Waals surface area contributed by atoms with E-state index in [0.717, 1.165) is 85.1 Å². The fraction of sp³-hybridized carbons (Fsp3) is 0.360. The van der Waals surface area contributed by atoms with Crippen molar-refractivity contribution < 1.29 is 76.2 Å². The van der Waals surface area contributed by atoms with Crippen molar-refractivity contribution in [1.82, 2.24) is 0 Å². The number of rotatable bonds is 28. The fourth-order valence-electron chi connectivity index (χ4n) is 13.1. The van der Waals surface area contributed by atoms with E-state index >= 15 is 0 Å². The molecule has 7 aromatic carbocycles. The molecule has 0 aliphatic heterocycles. The van der Waals surface area contributed by atoms with Crippen LogP contribution in [0.2, 0.25) is 0 Å². The predicted octanol–water partition coefficient (Wildman–Crippen LogP) is 17.5. The molecule has 0 spiro atoms. The molecule has 3 aliphatic rings. The molecule has 0 saturated heterocycles. The number of fused-ring (bicyclic) bond motifs is 1. The van der Waals surface area contributed by atoms with Gasteiger partial charge in [-0.25, -0.2) is 24.0 Å². The Balaban J connectivity index is 0.000000251. The fourth-order valence-corrected chi connectivity index (χ4v) is 13.1. The zero-order valence-electron chi connectivity index (χ0n) is 60.0. The summed E-state index contributed by atoms with van der Waals surface area (Å²) in [4.78, 5) is 87.0. The molecule has 10 rings (SSSR count). The minimum Gasteiger partial charge on any atom is -0.494 e. The lowest BCUT2D eigenvalue weighted by Gasteiger charge is -2.37. The zero-order chi connectivity index (χ0) is 74.1. The maximum atomic E-state index is 13.4. The Hall–Kier alpha value is -11.2. The highest BCUT2D eigenvalue weighted by atomic mass is 16.6. The van der Waals surface area contributed by atoms with Crippen LogP contribution in [0.5, 0.6) is 28.7 Å². The van der Waals surface area contributed by atoms with Crippen LogP contribution in [0.1, 0.15) is 195 Å². The highest BCUT2D eigenvalue weighted by Gasteiger charge is 2.34. The van der Waals surface area contributed by atoms with Gasteiger partial charge in [0.05, 0.1) is 67.1 Å². The first-order valence-corrected chi connectivity index (χ1v) is 36.6. The topological polar surface area (TPSA) is 203 Å². The summed E-state index contributed by atoms with van der Waals surface area (Å²) in [6, 6.07) is 43.5. The number of hydrogen-bond donors (Lipinski definition) is 0. The predicted molar refractivity (Wildman–Crippen MR) is 402 cm³/mol. The van der Waals surface area contributed by atoms with E-state index < -0.39 is 23.9 Å². The van der Waals surface area contributed by atoms with Crippen LogP contribution < -0.4 is 23.7 Å². The van der Waals surface area contributed by atoms with Crippen molar-refractivity contribution in [3.05, 3.63) is 221 Å². The molecule has 16 nitrogen and oxygen atoms in total. The van der Waals surface area contributed by atoms with Crippen LogP contribution in [0.4, 0.5) is 0 Å². The number of benzene rings is 7. The second kappa shape index (κ2) is 41.2. The van der Waals surface area contributed by atoms with Crippen LogP contribution >= 0.6 is 0 Å². The Bertz CT molecular complexity index is 4250. The highest BCUT2D eigenvalue weighted by molar-refractivity contribution is 6.00. The molecular weight excluding hydrogens is 1320 g/mol. The van der Waals surface area contributed by atoms with E-state index in [9.17, 15) is 33.6 Å². The van der Waals surface area contributed by atoms with Crippen LogP contribution in [0.15, 0.2) is 177 Å². The quantitative estimate of drug-likeness (QED) is 0.0112. The van der Waals surface area contributed by atoms with Gasteiger partial charge in [0.2, 0.25) is 0 Å². The van der Waals surface area contributed by atoms with E-state index in [-0.39, 0.29) is 48.2 Å². The third-order valence-corrected chi connectivity index (χ3v) is 19.0. The van der Waals surface area contributed by atoms with Crippen molar-refractivity contribution in [3.63, 3.8) is 0 Å². The molecule has 3 aliphatic carbocycles. The van der Waals surface area contributed by atoms with E-state index in [0.29, 0.717) is 133 Å². The summed E-state index contributed by atoms with van der Waals surface area (Å²) in [5.41, 5.74) is 4.70. The van der Waals surface area contributed by atoms with Crippen molar-refractivity contribution in [2.45, 2.75) is 142 Å². The second-order valence-electron chi connectivity index (χ2n) is 26.5. The maximum absolute atomic E-state index is 13.4. The van der Waals surface area contributed by atoms with Crippen LogP contribution in [0, 0.1) is 65.6 Å². The monoisotopic (exact) mass is 1420 g/mol. The Kier molecular flexibility index (Phi) is 30.6. The third kappa shape index (κ3) is 24.8. The smallest absolute Gasteiger partial charge is 0.343 e. The molecule has 0 radical (unpaired) electrons. The molecule has 16 heteroatoms. The first kappa shape index (κ1) is 78.0. The van der Waals surface area contributed by atoms with Crippen LogP contribution in [0.25, 0.3) is 10.8 Å². The Morgan fingerprint density at radius 1 is 0.429 bits per heavy atom. The first-order chi connectivity index (χ1) is 51.2. The first-order valence-electron chi connectivity index (χ1n) is 36.6. The van der Waals surface area contributed by atoms with Gasteiger partial charge in [-0.3, -0.25) is 9.59 Å². The molecule has 3 saturated carbocycles. The maximum Gasteiger partial charge on any atom is 0.343 e. The van der Waals surface area contributed by atoms with Crippen LogP contribution in [-0.2, 0) is 38.1 Å². The van der Waals surface area contributed by atoms with Gasteiger partial charge in [-0.1, -0.05) is 94.4 Å². The molecule has 105 heavy (non-hydrogen) atoms. The minimum atomic E-state index is -0.599. The number of hydrogen-bond acceptors (Lipinski definition) is 16. The molecular formula is C89H92O16. The van der Waals surface area contributed by atoms with E-state index in [1.54, 1.807) is 103 Å². The molecule has 0 amide bonds. The number of carbonyl (C=O) groups is 7. The average Bonchev–Trinajstić information content (AvgIpc) is 0.793. The summed E-state index contributed by atoms with van der Waals surface area (Å²) in [7, 11) is 0. The lowest BCUT2D eigenvalue weighted by Crippen LogP contribution is -2.30. The average molecular weight is 1420 g/mol. The Morgan fingerprint density at radius 3 is 1.48 bits per heavy atom. The van der Waals surface area contributed by atoms with E-state index in [2.05, 4.69) is 49.7 Å². The molecule has 0 aromatic heterocycles. The van der Waals surface area contributed by atoms with Crippen LogP contribution in [-0.4, -0.2) is 80.9 Å². The number of esters is 7. The summed E-state index contributed by atoms with van der Waals surface area (Å²) in [5.74, 6) is 16.7. The van der Waals surface area contributed by atoms with Gasteiger partial charge in [0, 0.05) is 46.2 Å². The van der Waals surface area contributed by atoms with E-state index in [1.165, 1.54) is 38.5 Å². The van der Waals surface area contributed by atoms with Gasteiger partial charge < -0.3 is 42.6 Å². The van der Waals surface area contributed by atoms with Gasteiger partial charge in [-0.15, -0.1) is 6.42 Å². The molecule has 544 valence electrons. The Labute approximate surface area is 616 Å². The molecule has 0 bridgehead atoms. The number of ether oxygens (including phenoxy) is 9. The SMILES string of the molecule is C#Cc1ccc(C#Cc2ccc(C#Cc3c(OC(=O)c4ccc(OCCCOC(=O)C=C)cc4)ccc4cc(C(=O)Oc5ccc(OCCC)cc5)ccc34)cc2)cc1.C=CC(=O)OCCCCCOC(=O)C1CCC(C(=O)Oc2ccc(C(=O)OC3CCC(C4CCC(CCC)CC4)CC3)cc2)CC1. The summed E-state index contributed by atoms with van der Waals surface area (Å²) in [6.45, 7) is 12.8. The van der Waals surface area contributed by atoms with Gasteiger partial charge in [0.25, 0.3) is 0 Å². The molecule has 0 atom stereocenters. The van der Waals surface area contributed by atoms with Gasteiger partial charge in [-0.2, -0.15) is 0 Å². The summed E-state index contributed by atoms with van der Waals surface area (Å²) < 4.78 is 49.7. The lowest BCUT2D eigenvalue weighted by molar-refractivity contribution is -0.152. The zero-order valence-corrected chi connectivity index (χ0v) is 60.0. The molecule has 7 aromatic rings. The Morgan fingerprint density at radius 2 is 0.905 bits per heavy atom. The molecule has 0 N–H and O–H groups in total. The number of carbonyl (C=O) groups excluding carboxylic acids is 7. The summed E-state index contributed by atoms with van der Waals surface area (Å²) in [6.07, 6.45) is 25.9. The van der Waals surface area contributed by atoms with E-state index in [4.69, 9.17) is 49.1 Å². The van der Waals surface area contributed by atoms with E-state index in [1.807, 2.05) is 55.5 Å². The molecule has 0 unspecified atom stereocenters. The normalized spacial score (nSPS) is 17.2. The van der Waals surface area contributed by atoms with Crippen LogP contribution in [0.3, 0.4) is 0 Å². The standard InChI is InChI=1S/C51H38O8.C38H54O8/c1-4-32-55-44-25-27-45(28-26-44)58-51(54)42-21-30-46-41(35-42)22-31-48(59-50(53)40-19-23-43(24-20-40)56-33-7-34-57-49(52)6-3)47(46)29-18-39-16-14-38(15-17-39)13-12-37-10-8-36(5-2)9-11-37;1-3-8-27-9-11-28(12-10-27)29-17-21-33(22-18-29)45-38(42)32-19-23-34(24-20-32)46-37(41)31-15-13-30(14-16-31)36(40)44-26-7-5-6-25-43-35(39)4-2/h2,6,8-11,14-17,19-28,30-31,35H,3-4,7,32-34H2,1H3;4,19-20,23-24,27-31,33H,2-3,5-18,21-22,25-26H2,1H3. The van der Waals surface area contributed by atoms with Crippen molar-refractivity contribution in [3.8, 4) is 64.8 Å². The largest absolute Gasteiger partial charge is 0.494 e. The highest BCUT2D eigenvalue weighted by Crippen LogP contribution is 2.42. The van der Waals surface area contributed by atoms with Gasteiger partial charge in [0.1, 0.15) is 34.9 Å². The summed E-state index contributed by atoms with van der Waals surface area (Å²) in [5, 5.41) is 1.35. The summed E-state index contributed by atoms with van der Waals surface area (Å²) >= 11 is 0. The molecule has 3 fully saturated rings. The van der Waals surface area contributed by atoms with Gasteiger partial charge >= 0.3 is 41.8 Å². The number of terminal acetylenes is 1. The third-order valence-electron chi connectivity index (χ3n) is 19.0. The van der Waals surface area contributed by atoms with Crippen molar-refractivity contribution >= 4 is 52.6 Å². The van der Waals surface area contributed by atoms with Crippen molar-refractivity contribution in [1.29, 1.82) is 0 Å². The van der Waals surface area contributed by atoms with Crippen molar-refractivity contribution in [2.24, 2.45) is 29.6 Å². The van der Waals surface area contributed by atoms with Gasteiger partial charge in [-0.05, 0) is 253 Å². The minimum absolute atomic E-state index is 0.0225. The van der Waals surface area contributed by atoms with Crippen molar-refractivity contribution in [2.75, 3.05) is 33.0 Å². The lowest BCUT2D eigenvalue weighted by atomic mass is 9.70.